The average Bonchev–Trinajstić information content (AvgIpc) is 3.04. The number of fused-ring (bicyclic) bond motifs is 1. The number of nitrogens with zero attached hydrogens (tertiary/aromatic N) is 2. The number of rotatable bonds is 8. The highest BCUT2D eigenvalue weighted by molar-refractivity contribution is 5.76. The van der Waals surface area contributed by atoms with Crippen molar-refractivity contribution in [2.75, 3.05) is 46.5 Å². The van der Waals surface area contributed by atoms with E-state index in [1.165, 1.54) is 11.1 Å². The van der Waals surface area contributed by atoms with E-state index in [-0.39, 0.29) is 12.0 Å². The van der Waals surface area contributed by atoms with Gasteiger partial charge in [-0.15, -0.1) is 0 Å². The summed E-state index contributed by atoms with van der Waals surface area (Å²) >= 11 is 0. The molecule has 2 saturated heterocycles. The third-order valence-corrected chi connectivity index (χ3v) is 6.04. The van der Waals surface area contributed by atoms with Crippen LogP contribution in [0.5, 0.6) is 0 Å². The van der Waals surface area contributed by atoms with Crippen molar-refractivity contribution >= 4 is 5.91 Å². The highest BCUT2D eigenvalue weighted by Crippen LogP contribution is 2.36. The molecule has 0 radical (unpaired) electrons. The Bertz CT molecular complexity index is 621. The van der Waals surface area contributed by atoms with Gasteiger partial charge in [-0.05, 0) is 38.3 Å². The highest BCUT2D eigenvalue weighted by atomic mass is 16.5. The van der Waals surface area contributed by atoms with Crippen LogP contribution in [-0.2, 0) is 20.8 Å². The Morgan fingerprint density at radius 3 is 3.00 bits per heavy atom. The van der Waals surface area contributed by atoms with Crippen LogP contribution >= 0.6 is 0 Å². The molecule has 1 aromatic carbocycles. The monoisotopic (exact) mass is 374 g/mol. The van der Waals surface area contributed by atoms with Crippen LogP contribution in [0.3, 0.4) is 0 Å². The molecule has 0 N–H and O–H groups in total. The van der Waals surface area contributed by atoms with E-state index in [9.17, 15) is 4.79 Å². The lowest BCUT2D eigenvalue weighted by molar-refractivity contribution is -0.134. The molecule has 27 heavy (non-hydrogen) atoms. The van der Waals surface area contributed by atoms with Crippen LogP contribution in [0.15, 0.2) is 24.3 Å². The fourth-order valence-corrected chi connectivity index (χ4v) is 4.55. The van der Waals surface area contributed by atoms with Crippen LogP contribution in [0, 0.1) is 18.8 Å². The van der Waals surface area contributed by atoms with E-state index in [4.69, 9.17) is 9.47 Å². The minimum Gasteiger partial charge on any atom is -0.383 e. The summed E-state index contributed by atoms with van der Waals surface area (Å²) in [5, 5.41) is 0. The number of methoxy groups -OCH3 is 1. The van der Waals surface area contributed by atoms with E-state index in [1.54, 1.807) is 7.11 Å². The number of piperidine rings is 1. The lowest BCUT2D eigenvalue weighted by Crippen LogP contribution is -2.42. The van der Waals surface area contributed by atoms with Crippen molar-refractivity contribution in [2.45, 2.75) is 39.3 Å². The zero-order valence-corrected chi connectivity index (χ0v) is 17.0. The van der Waals surface area contributed by atoms with E-state index in [1.807, 2.05) is 11.8 Å². The normalized spacial score (nSPS) is 25.4. The SMILES string of the molecule is CCN(CCOC)C(=O)C[C@@H]1OC[C@H]2CN(Cc3cccc(C)c3)CC[C@H]21. The van der Waals surface area contributed by atoms with Crippen molar-refractivity contribution in [3.8, 4) is 0 Å². The number of benzene rings is 1. The summed E-state index contributed by atoms with van der Waals surface area (Å²) in [5.74, 6) is 1.27. The van der Waals surface area contributed by atoms with Crippen LogP contribution in [0.1, 0.15) is 30.9 Å². The zero-order chi connectivity index (χ0) is 19.2. The molecule has 3 rings (SSSR count). The minimum atomic E-state index is 0.0835. The van der Waals surface area contributed by atoms with E-state index in [2.05, 4.69) is 36.1 Å². The maximum absolute atomic E-state index is 12.6. The zero-order valence-electron chi connectivity index (χ0n) is 17.0. The van der Waals surface area contributed by atoms with Crippen LogP contribution < -0.4 is 0 Å². The summed E-state index contributed by atoms with van der Waals surface area (Å²) in [6.45, 7) is 10.1. The van der Waals surface area contributed by atoms with Crippen molar-refractivity contribution < 1.29 is 14.3 Å². The van der Waals surface area contributed by atoms with E-state index in [0.717, 1.165) is 39.2 Å². The van der Waals surface area contributed by atoms with Crippen LogP contribution in [0.25, 0.3) is 0 Å². The average molecular weight is 375 g/mol. The lowest BCUT2D eigenvalue weighted by Gasteiger charge is -2.36. The fraction of sp³-hybridized carbons (Fsp3) is 0.682. The van der Waals surface area contributed by atoms with Gasteiger partial charge in [0.05, 0.1) is 25.7 Å². The summed E-state index contributed by atoms with van der Waals surface area (Å²) in [6, 6.07) is 8.78. The number of ether oxygens (including phenoxy) is 2. The fourth-order valence-electron chi connectivity index (χ4n) is 4.55. The Morgan fingerprint density at radius 1 is 1.41 bits per heavy atom. The van der Waals surface area contributed by atoms with Gasteiger partial charge in [0, 0.05) is 39.2 Å². The van der Waals surface area contributed by atoms with Gasteiger partial charge in [0.2, 0.25) is 5.91 Å². The number of likely N-dealkylation sites (tertiary alicyclic amines) is 1. The summed E-state index contributed by atoms with van der Waals surface area (Å²) < 4.78 is 11.2. The Labute approximate surface area is 163 Å². The molecule has 5 heteroatoms. The first-order valence-electron chi connectivity index (χ1n) is 10.3. The number of aryl methyl sites for hydroxylation is 1. The van der Waals surface area contributed by atoms with Gasteiger partial charge in [-0.3, -0.25) is 9.69 Å². The predicted octanol–water partition coefficient (Wildman–Crippen LogP) is 2.72. The number of hydrogen-bond acceptors (Lipinski definition) is 4. The van der Waals surface area contributed by atoms with Crippen molar-refractivity contribution in [3.05, 3.63) is 35.4 Å². The van der Waals surface area contributed by atoms with Crippen molar-refractivity contribution in [2.24, 2.45) is 11.8 Å². The van der Waals surface area contributed by atoms with Gasteiger partial charge in [-0.2, -0.15) is 0 Å². The van der Waals surface area contributed by atoms with Crippen LogP contribution in [0.4, 0.5) is 0 Å². The molecule has 2 aliphatic heterocycles. The first-order valence-corrected chi connectivity index (χ1v) is 10.3. The summed E-state index contributed by atoms with van der Waals surface area (Å²) in [5.41, 5.74) is 2.70. The standard InChI is InChI=1S/C22H34N2O3/c1-4-24(10-11-26-3)22(25)13-21-20-8-9-23(15-19(20)16-27-21)14-18-7-5-6-17(2)12-18/h5-7,12,19-21H,4,8-11,13-16H2,1-3H3/t19-,20-,21+/m1/s1. The molecule has 1 amide bonds. The Morgan fingerprint density at radius 2 is 2.26 bits per heavy atom. The quantitative estimate of drug-likeness (QED) is 0.702. The predicted molar refractivity (Wildman–Crippen MR) is 107 cm³/mol. The molecular formula is C22H34N2O3. The maximum Gasteiger partial charge on any atom is 0.225 e. The number of likely N-dealkylation sites (N-methyl/N-ethyl adjacent to an activating group) is 1. The Balaban J connectivity index is 1.51. The molecule has 2 heterocycles. The number of carbonyl (C=O) groups is 1. The van der Waals surface area contributed by atoms with E-state index < -0.39 is 0 Å². The lowest BCUT2D eigenvalue weighted by atomic mass is 9.83. The van der Waals surface area contributed by atoms with Gasteiger partial charge < -0.3 is 14.4 Å². The Hall–Kier alpha value is -1.43. The summed E-state index contributed by atoms with van der Waals surface area (Å²) in [7, 11) is 1.67. The molecule has 1 aromatic rings. The van der Waals surface area contributed by atoms with Crippen LogP contribution in [0.2, 0.25) is 0 Å². The molecular weight excluding hydrogens is 340 g/mol. The molecule has 0 aromatic heterocycles. The molecule has 2 aliphatic rings. The second kappa shape index (κ2) is 9.67. The third-order valence-electron chi connectivity index (χ3n) is 6.04. The first kappa shape index (κ1) is 20.3. The van der Waals surface area contributed by atoms with E-state index >= 15 is 0 Å². The molecule has 0 spiro atoms. The smallest absolute Gasteiger partial charge is 0.225 e. The summed E-state index contributed by atoms with van der Waals surface area (Å²) in [6.07, 6.45) is 1.72. The van der Waals surface area contributed by atoms with Crippen molar-refractivity contribution in [1.82, 2.24) is 9.80 Å². The maximum atomic E-state index is 12.6. The largest absolute Gasteiger partial charge is 0.383 e. The van der Waals surface area contributed by atoms with Crippen molar-refractivity contribution in [1.29, 1.82) is 0 Å². The molecule has 0 unspecified atom stereocenters. The minimum absolute atomic E-state index is 0.0835. The molecule has 0 saturated carbocycles. The molecule has 5 nitrogen and oxygen atoms in total. The van der Waals surface area contributed by atoms with Gasteiger partial charge in [-0.1, -0.05) is 29.8 Å². The molecule has 150 valence electrons. The topological polar surface area (TPSA) is 42.0 Å². The van der Waals surface area contributed by atoms with Gasteiger partial charge in [0.25, 0.3) is 0 Å². The van der Waals surface area contributed by atoms with Gasteiger partial charge >= 0.3 is 0 Å². The molecule has 0 bridgehead atoms. The van der Waals surface area contributed by atoms with Gasteiger partial charge in [0.15, 0.2) is 0 Å². The van der Waals surface area contributed by atoms with Crippen molar-refractivity contribution in [3.63, 3.8) is 0 Å². The third kappa shape index (κ3) is 5.31. The molecule has 2 fully saturated rings. The number of amides is 1. The highest BCUT2D eigenvalue weighted by Gasteiger charge is 2.41. The summed E-state index contributed by atoms with van der Waals surface area (Å²) in [4.78, 5) is 17.1. The number of carbonyl (C=O) groups excluding carboxylic acids is 1. The molecule has 0 aliphatic carbocycles. The van der Waals surface area contributed by atoms with Gasteiger partial charge in [-0.25, -0.2) is 0 Å². The molecule has 3 atom stereocenters. The second-order valence-corrected chi connectivity index (χ2v) is 7.98. The van der Waals surface area contributed by atoms with Gasteiger partial charge in [0.1, 0.15) is 0 Å². The number of hydrogen-bond donors (Lipinski definition) is 0. The first-order chi connectivity index (χ1) is 13.1. The Kier molecular flexibility index (Phi) is 7.27. The van der Waals surface area contributed by atoms with Crippen LogP contribution in [-0.4, -0.2) is 68.3 Å². The van der Waals surface area contributed by atoms with E-state index in [0.29, 0.717) is 31.4 Å². The second-order valence-electron chi connectivity index (χ2n) is 7.98.